The molecule has 1 saturated heterocycles. The highest BCUT2D eigenvalue weighted by Crippen LogP contribution is 2.36. The summed E-state index contributed by atoms with van der Waals surface area (Å²) in [4.78, 5) is 13.4. The molecule has 6 heteroatoms. The third kappa shape index (κ3) is 3.39. The molecule has 3 aromatic rings. The van der Waals surface area contributed by atoms with Gasteiger partial charge in [-0.05, 0) is 47.4 Å². The minimum Gasteiger partial charge on any atom is -0.466 e. The Hall–Kier alpha value is -2.41. The van der Waals surface area contributed by atoms with Crippen LogP contribution in [0.1, 0.15) is 29.7 Å². The number of thiophene rings is 1. The summed E-state index contributed by atoms with van der Waals surface area (Å²) in [6.07, 6.45) is 2.75. The predicted octanol–water partition coefficient (Wildman–Crippen LogP) is 3.44. The lowest BCUT2D eigenvalue weighted by molar-refractivity contribution is -0.131. The number of rotatable bonds is 6. The molecule has 0 bridgehead atoms. The van der Waals surface area contributed by atoms with Crippen molar-refractivity contribution in [3.63, 3.8) is 0 Å². The van der Waals surface area contributed by atoms with E-state index < -0.39 is 11.0 Å². The van der Waals surface area contributed by atoms with Crippen LogP contribution in [0, 0.1) is 0 Å². The molecule has 0 radical (unpaired) electrons. The van der Waals surface area contributed by atoms with Crippen LogP contribution in [0.3, 0.4) is 0 Å². The van der Waals surface area contributed by atoms with Gasteiger partial charge in [-0.2, -0.15) is 11.3 Å². The van der Waals surface area contributed by atoms with Crippen molar-refractivity contribution in [1.82, 2.24) is 5.32 Å². The lowest BCUT2D eigenvalue weighted by Crippen LogP contribution is -2.51. The second-order valence-electron chi connectivity index (χ2n) is 7.09. The fourth-order valence-corrected chi connectivity index (χ4v) is 4.57. The third-order valence-electron chi connectivity index (χ3n) is 5.54. The van der Waals surface area contributed by atoms with Crippen LogP contribution in [0.5, 0.6) is 0 Å². The van der Waals surface area contributed by atoms with Crippen molar-refractivity contribution in [1.29, 1.82) is 0 Å². The van der Waals surface area contributed by atoms with Gasteiger partial charge in [-0.3, -0.25) is 4.79 Å². The molecule has 1 fully saturated rings. The molecule has 4 rings (SSSR count). The normalized spacial score (nSPS) is 18.3. The summed E-state index contributed by atoms with van der Waals surface area (Å²) in [6.45, 7) is 1.11. The number of ether oxygens (including phenoxy) is 1. The Balaban J connectivity index is 1.61. The monoisotopic (exact) mass is 397 g/mol. The summed E-state index contributed by atoms with van der Waals surface area (Å²) in [5.74, 6) is 0.314. The SMILES string of the molecule is O=C(NC[C@@](O)(c1ccsc1)c1ccco1)C1(c2ccccc2)CCOCC1. The summed E-state index contributed by atoms with van der Waals surface area (Å²) in [5, 5.41) is 18.2. The maximum absolute atomic E-state index is 13.4. The van der Waals surface area contributed by atoms with Crippen LogP contribution < -0.4 is 5.32 Å². The highest BCUT2D eigenvalue weighted by atomic mass is 32.1. The summed E-state index contributed by atoms with van der Waals surface area (Å²) in [7, 11) is 0. The summed E-state index contributed by atoms with van der Waals surface area (Å²) in [6, 6.07) is 15.1. The molecule has 1 aromatic carbocycles. The number of benzene rings is 1. The summed E-state index contributed by atoms with van der Waals surface area (Å²) in [5.41, 5.74) is -0.387. The zero-order valence-corrected chi connectivity index (χ0v) is 16.3. The molecule has 2 aromatic heterocycles. The lowest BCUT2D eigenvalue weighted by atomic mass is 9.73. The minimum absolute atomic E-state index is 0.0333. The molecule has 3 heterocycles. The smallest absolute Gasteiger partial charge is 0.230 e. The first-order valence-corrected chi connectivity index (χ1v) is 10.3. The van der Waals surface area contributed by atoms with Gasteiger partial charge in [0.2, 0.25) is 5.91 Å². The van der Waals surface area contributed by atoms with Gasteiger partial charge in [0, 0.05) is 18.8 Å². The zero-order valence-electron chi connectivity index (χ0n) is 15.5. The van der Waals surface area contributed by atoms with Gasteiger partial charge in [-0.1, -0.05) is 30.3 Å². The van der Waals surface area contributed by atoms with Crippen molar-refractivity contribution in [2.45, 2.75) is 23.9 Å². The number of furan rings is 1. The van der Waals surface area contributed by atoms with Crippen LogP contribution in [0.4, 0.5) is 0 Å². The zero-order chi connectivity index (χ0) is 19.5. The van der Waals surface area contributed by atoms with Gasteiger partial charge in [-0.15, -0.1) is 0 Å². The van der Waals surface area contributed by atoms with E-state index in [9.17, 15) is 9.90 Å². The van der Waals surface area contributed by atoms with Crippen LogP contribution in [-0.2, 0) is 20.5 Å². The Kier molecular flexibility index (Phi) is 5.35. The molecule has 1 atom stereocenters. The van der Waals surface area contributed by atoms with Crippen molar-refractivity contribution >= 4 is 17.2 Å². The topological polar surface area (TPSA) is 71.7 Å². The summed E-state index contributed by atoms with van der Waals surface area (Å²) >= 11 is 1.49. The third-order valence-corrected chi connectivity index (χ3v) is 6.22. The molecule has 0 spiro atoms. The molecule has 2 N–H and O–H groups in total. The van der Waals surface area contributed by atoms with E-state index in [2.05, 4.69) is 5.32 Å². The largest absolute Gasteiger partial charge is 0.466 e. The first-order chi connectivity index (χ1) is 13.7. The second-order valence-corrected chi connectivity index (χ2v) is 7.87. The number of hydrogen-bond acceptors (Lipinski definition) is 5. The number of hydrogen-bond donors (Lipinski definition) is 2. The van der Waals surface area contributed by atoms with E-state index in [4.69, 9.17) is 9.15 Å². The van der Waals surface area contributed by atoms with Crippen molar-refractivity contribution in [3.8, 4) is 0 Å². The van der Waals surface area contributed by atoms with Crippen molar-refractivity contribution in [2.24, 2.45) is 0 Å². The van der Waals surface area contributed by atoms with E-state index in [-0.39, 0.29) is 12.5 Å². The summed E-state index contributed by atoms with van der Waals surface area (Å²) < 4.78 is 11.0. The fourth-order valence-electron chi connectivity index (χ4n) is 3.85. The minimum atomic E-state index is -1.41. The maximum Gasteiger partial charge on any atom is 0.230 e. The van der Waals surface area contributed by atoms with Crippen molar-refractivity contribution in [2.75, 3.05) is 19.8 Å². The van der Waals surface area contributed by atoms with Crippen LogP contribution >= 0.6 is 11.3 Å². The van der Waals surface area contributed by atoms with Gasteiger partial charge in [0.05, 0.1) is 18.2 Å². The highest BCUT2D eigenvalue weighted by molar-refractivity contribution is 7.08. The van der Waals surface area contributed by atoms with Gasteiger partial charge in [0.25, 0.3) is 0 Å². The first-order valence-electron chi connectivity index (χ1n) is 9.36. The molecule has 0 saturated carbocycles. The van der Waals surface area contributed by atoms with E-state index >= 15 is 0 Å². The molecule has 0 aliphatic carbocycles. The molecule has 1 amide bonds. The number of carbonyl (C=O) groups is 1. The van der Waals surface area contributed by atoms with Gasteiger partial charge in [0.1, 0.15) is 5.76 Å². The van der Waals surface area contributed by atoms with Gasteiger partial charge in [-0.25, -0.2) is 0 Å². The first kappa shape index (κ1) is 18.9. The second kappa shape index (κ2) is 7.91. The molecule has 146 valence electrons. The standard InChI is InChI=1S/C22H23NO4S/c24-20(21(9-12-26-13-10-21)17-5-2-1-3-6-17)23-16-22(25,18-8-14-28-15-18)19-7-4-11-27-19/h1-8,11,14-15,25H,9-10,12-13,16H2,(H,23,24)/t22-/m1/s1. The Morgan fingerprint density at radius 3 is 2.57 bits per heavy atom. The Morgan fingerprint density at radius 1 is 1.14 bits per heavy atom. The molecular weight excluding hydrogens is 374 g/mol. The van der Waals surface area contributed by atoms with Gasteiger partial charge < -0.3 is 19.6 Å². The van der Waals surface area contributed by atoms with Crippen LogP contribution in [-0.4, -0.2) is 30.8 Å². The van der Waals surface area contributed by atoms with Crippen LogP contribution in [0.15, 0.2) is 70.0 Å². The van der Waals surface area contributed by atoms with Gasteiger partial charge in [0.15, 0.2) is 5.60 Å². The maximum atomic E-state index is 13.4. The molecular formula is C22H23NO4S. The number of carbonyl (C=O) groups excluding carboxylic acids is 1. The molecule has 0 unspecified atom stereocenters. The van der Waals surface area contributed by atoms with E-state index in [0.29, 0.717) is 37.4 Å². The Morgan fingerprint density at radius 2 is 1.93 bits per heavy atom. The Bertz CT molecular complexity index is 850. The van der Waals surface area contributed by atoms with Crippen molar-refractivity contribution < 1.29 is 19.1 Å². The number of nitrogens with one attached hydrogen (secondary N) is 1. The average Bonchev–Trinajstić information content (AvgIpc) is 3.48. The Labute approximate surface area is 168 Å². The van der Waals surface area contributed by atoms with E-state index in [1.165, 1.54) is 17.6 Å². The number of aliphatic hydroxyl groups is 1. The molecule has 1 aliphatic heterocycles. The van der Waals surface area contributed by atoms with Crippen molar-refractivity contribution in [3.05, 3.63) is 82.4 Å². The van der Waals surface area contributed by atoms with E-state index in [1.54, 1.807) is 12.1 Å². The van der Waals surface area contributed by atoms with E-state index in [0.717, 1.165) is 5.56 Å². The quantitative estimate of drug-likeness (QED) is 0.668. The van der Waals surface area contributed by atoms with E-state index in [1.807, 2.05) is 47.2 Å². The van der Waals surface area contributed by atoms with Crippen LogP contribution in [0.2, 0.25) is 0 Å². The lowest BCUT2D eigenvalue weighted by Gasteiger charge is -2.37. The average molecular weight is 397 g/mol. The molecule has 5 nitrogen and oxygen atoms in total. The molecule has 1 aliphatic rings. The molecule has 28 heavy (non-hydrogen) atoms. The highest BCUT2D eigenvalue weighted by Gasteiger charge is 2.43. The van der Waals surface area contributed by atoms with Crippen LogP contribution in [0.25, 0.3) is 0 Å². The fraction of sp³-hybridized carbons (Fsp3) is 0.318. The van der Waals surface area contributed by atoms with Gasteiger partial charge >= 0.3 is 0 Å². The predicted molar refractivity (Wildman–Crippen MR) is 107 cm³/mol. The number of amides is 1.